The van der Waals surface area contributed by atoms with Crippen molar-refractivity contribution >= 4 is 81.0 Å². The molecule has 6 rings (SSSR count). The molecular formula is C24H12BrClOS. The van der Waals surface area contributed by atoms with Crippen molar-refractivity contribution in [3.63, 3.8) is 0 Å². The summed E-state index contributed by atoms with van der Waals surface area (Å²) in [5.74, 6) is 0. The Morgan fingerprint density at radius 2 is 1.50 bits per heavy atom. The molecule has 0 saturated heterocycles. The zero-order chi connectivity index (χ0) is 18.8. The lowest BCUT2D eigenvalue weighted by Crippen LogP contribution is -1.77. The molecular weight excluding hydrogens is 452 g/mol. The first kappa shape index (κ1) is 16.6. The van der Waals surface area contributed by atoms with Crippen molar-refractivity contribution in [3.05, 3.63) is 82.3 Å². The number of rotatable bonds is 1. The topological polar surface area (TPSA) is 13.1 Å². The van der Waals surface area contributed by atoms with Gasteiger partial charge >= 0.3 is 0 Å². The van der Waals surface area contributed by atoms with Crippen LogP contribution >= 0.6 is 38.9 Å². The molecule has 0 amide bonds. The van der Waals surface area contributed by atoms with Gasteiger partial charge < -0.3 is 4.42 Å². The normalized spacial score (nSPS) is 11.9. The molecule has 134 valence electrons. The number of benzene rings is 4. The highest BCUT2D eigenvalue weighted by Crippen LogP contribution is 2.40. The lowest BCUT2D eigenvalue weighted by Gasteiger charge is -2.02. The summed E-state index contributed by atoms with van der Waals surface area (Å²) < 4.78 is 9.50. The van der Waals surface area contributed by atoms with E-state index in [9.17, 15) is 0 Å². The van der Waals surface area contributed by atoms with Gasteiger partial charge in [0.2, 0.25) is 0 Å². The standard InChI is InChI=1S/C24H12BrClOS/c25-19-5-1-3-17-15-9-7-13(11-21(15)27-23(17)19)14-8-10-16-18-4-2-6-20(26)24(18)28-22(16)12-14/h1-12H. The summed E-state index contributed by atoms with van der Waals surface area (Å²) >= 11 is 11.7. The minimum atomic E-state index is 0.814. The first-order valence-corrected chi connectivity index (χ1v) is 10.9. The number of hydrogen-bond donors (Lipinski definition) is 0. The summed E-state index contributed by atoms with van der Waals surface area (Å²) in [4.78, 5) is 0. The van der Waals surface area contributed by atoms with E-state index in [1.54, 1.807) is 11.3 Å². The lowest BCUT2D eigenvalue weighted by molar-refractivity contribution is 0.667. The molecule has 1 nitrogen and oxygen atoms in total. The molecule has 0 N–H and O–H groups in total. The Morgan fingerprint density at radius 1 is 0.750 bits per heavy atom. The largest absolute Gasteiger partial charge is 0.455 e. The quantitative estimate of drug-likeness (QED) is 0.237. The summed E-state index contributed by atoms with van der Waals surface area (Å²) in [6, 6.07) is 25.3. The molecule has 0 fully saturated rings. The molecule has 2 heterocycles. The number of hydrogen-bond acceptors (Lipinski definition) is 2. The third-order valence-electron chi connectivity index (χ3n) is 5.23. The average molecular weight is 464 g/mol. The van der Waals surface area contributed by atoms with Crippen LogP contribution in [0.2, 0.25) is 5.02 Å². The van der Waals surface area contributed by atoms with Gasteiger partial charge in [-0.15, -0.1) is 11.3 Å². The van der Waals surface area contributed by atoms with E-state index in [2.05, 4.69) is 64.5 Å². The maximum absolute atomic E-state index is 6.40. The van der Waals surface area contributed by atoms with Gasteiger partial charge in [-0.2, -0.15) is 0 Å². The summed E-state index contributed by atoms with van der Waals surface area (Å²) in [6.45, 7) is 0. The maximum atomic E-state index is 6.40. The molecule has 28 heavy (non-hydrogen) atoms. The minimum Gasteiger partial charge on any atom is -0.455 e. The van der Waals surface area contributed by atoms with Crippen LogP contribution in [0, 0.1) is 0 Å². The molecule has 0 unspecified atom stereocenters. The van der Waals surface area contributed by atoms with Gasteiger partial charge in [0.25, 0.3) is 0 Å². The van der Waals surface area contributed by atoms with Crippen molar-refractivity contribution in [2.75, 3.05) is 0 Å². The van der Waals surface area contributed by atoms with Crippen molar-refractivity contribution in [1.29, 1.82) is 0 Å². The predicted molar refractivity (Wildman–Crippen MR) is 125 cm³/mol. The van der Waals surface area contributed by atoms with Gasteiger partial charge in [-0.05, 0) is 57.4 Å². The Balaban J connectivity index is 1.56. The number of fused-ring (bicyclic) bond motifs is 6. The Labute approximate surface area is 178 Å². The van der Waals surface area contributed by atoms with Crippen LogP contribution in [0.15, 0.2) is 81.7 Å². The third-order valence-corrected chi connectivity index (χ3v) is 7.49. The number of para-hydroxylation sites is 1. The Hall–Kier alpha value is -2.33. The Morgan fingerprint density at radius 3 is 2.39 bits per heavy atom. The van der Waals surface area contributed by atoms with Crippen molar-refractivity contribution in [1.82, 2.24) is 0 Å². The van der Waals surface area contributed by atoms with Crippen LogP contribution < -0.4 is 0 Å². The molecule has 0 aliphatic carbocycles. The first-order valence-electron chi connectivity index (χ1n) is 8.91. The van der Waals surface area contributed by atoms with E-state index in [4.69, 9.17) is 16.0 Å². The van der Waals surface area contributed by atoms with Crippen molar-refractivity contribution in [2.45, 2.75) is 0 Å². The van der Waals surface area contributed by atoms with Crippen LogP contribution in [-0.2, 0) is 0 Å². The molecule has 0 aliphatic heterocycles. The second-order valence-electron chi connectivity index (χ2n) is 6.86. The van der Waals surface area contributed by atoms with Crippen LogP contribution in [0.5, 0.6) is 0 Å². The second kappa shape index (κ2) is 6.08. The Kier molecular flexibility index (Phi) is 3.61. The maximum Gasteiger partial charge on any atom is 0.149 e. The highest BCUT2D eigenvalue weighted by molar-refractivity contribution is 9.10. The molecule has 4 heteroatoms. The zero-order valence-electron chi connectivity index (χ0n) is 14.5. The molecule has 0 spiro atoms. The van der Waals surface area contributed by atoms with E-state index in [1.807, 2.05) is 24.3 Å². The average Bonchev–Trinajstić information content (AvgIpc) is 3.27. The third kappa shape index (κ3) is 2.37. The van der Waals surface area contributed by atoms with E-state index < -0.39 is 0 Å². The number of furan rings is 1. The van der Waals surface area contributed by atoms with E-state index in [-0.39, 0.29) is 0 Å². The summed E-state index contributed by atoms with van der Waals surface area (Å²) in [5.41, 5.74) is 4.12. The van der Waals surface area contributed by atoms with Gasteiger partial charge in [-0.25, -0.2) is 0 Å². The molecule has 0 radical (unpaired) electrons. The van der Waals surface area contributed by atoms with Gasteiger partial charge in [-0.3, -0.25) is 0 Å². The highest BCUT2D eigenvalue weighted by atomic mass is 79.9. The number of halogens is 2. The monoisotopic (exact) mass is 462 g/mol. The Bertz CT molecular complexity index is 1430. The van der Waals surface area contributed by atoms with Crippen molar-refractivity contribution in [3.8, 4) is 11.1 Å². The van der Waals surface area contributed by atoms with E-state index in [0.29, 0.717) is 0 Å². The molecule has 6 aromatic rings. The molecule has 2 aromatic heterocycles. The smallest absolute Gasteiger partial charge is 0.149 e. The van der Waals surface area contributed by atoms with Crippen LogP contribution in [0.3, 0.4) is 0 Å². The molecule has 4 aromatic carbocycles. The van der Waals surface area contributed by atoms with E-state index >= 15 is 0 Å². The van der Waals surface area contributed by atoms with Gasteiger partial charge in [0.15, 0.2) is 0 Å². The molecule has 0 bridgehead atoms. The van der Waals surface area contributed by atoms with E-state index in [0.717, 1.165) is 41.7 Å². The summed E-state index contributed by atoms with van der Waals surface area (Å²) in [5, 5.41) is 5.55. The SMILES string of the molecule is Clc1cccc2c1sc1cc(-c3ccc4c(c3)oc3c(Br)cccc34)ccc12. The first-order chi connectivity index (χ1) is 13.7. The highest BCUT2D eigenvalue weighted by Gasteiger charge is 2.12. The molecule has 0 saturated carbocycles. The molecule has 0 atom stereocenters. The fraction of sp³-hybridized carbons (Fsp3) is 0. The van der Waals surface area contributed by atoms with Crippen LogP contribution in [0.25, 0.3) is 53.2 Å². The van der Waals surface area contributed by atoms with Gasteiger partial charge in [-0.1, -0.05) is 54.1 Å². The van der Waals surface area contributed by atoms with Crippen LogP contribution in [0.4, 0.5) is 0 Å². The van der Waals surface area contributed by atoms with Gasteiger partial charge in [0.1, 0.15) is 11.2 Å². The van der Waals surface area contributed by atoms with Gasteiger partial charge in [0, 0.05) is 26.2 Å². The minimum absolute atomic E-state index is 0.814. The van der Waals surface area contributed by atoms with Gasteiger partial charge in [0.05, 0.1) is 14.2 Å². The number of thiophene rings is 1. The van der Waals surface area contributed by atoms with Crippen molar-refractivity contribution in [2.24, 2.45) is 0 Å². The lowest BCUT2D eigenvalue weighted by atomic mass is 10.0. The van der Waals surface area contributed by atoms with Crippen molar-refractivity contribution < 1.29 is 4.42 Å². The molecule has 0 aliphatic rings. The van der Waals surface area contributed by atoms with E-state index in [1.165, 1.54) is 21.0 Å². The summed E-state index contributed by atoms with van der Waals surface area (Å²) in [6.07, 6.45) is 0. The fourth-order valence-electron chi connectivity index (χ4n) is 3.89. The van der Waals surface area contributed by atoms with Crippen LogP contribution in [0.1, 0.15) is 0 Å². The van der Waals surface area contributed by atoms with Crippen LogP contribution in [-0.4, -0.2) is 0 Å². The second-order valence-corrected chi connectivity index (χ2v) is 9.17. The summed E-state index contributed by atoms with van der Waals surface area (Å²) in [7, 11) is 0. The predicted octanol–water partition coefficient (Wildman–Crippen LogP) is 9.04. The zero-order valence-corrected chi connectivity index (χ0v) is 17.7. The fourth-order valence-corrected chi connectivity index (χ4v) is 5.77.